The molecule has 8 nitrogen and oxygen atoms in total. The smallest absolute Gasteiger partial charge is 0.253 e. The molecular weight excluding hydrogens is 508 g/mol. The number of amides is 1. The lowest BCUT2D eigenvalue weighted by Gasteiger charge is -2.36. The Morgan fingerprint density at radius 2 is 1.86 bits per heavy atom. The molecule has 1 N–H and O–H groups in total. The number of halogens is 1. The average Bonchev–Trinajstić information content (AvgIpc) is 2.86. The molecule has 178 valence electrons. The van der Waals surface area contributed by atoms with E-state index < -0.39 is 0 Å². The number of hydrogen-bond acceptors (Lipinski definition) is 7. The van der Waals surface area contributed by atoms with Gasteiger partial charge in [-0.25, -0.2) is 9.97 Å². The average molecular weight is 533 g/mol. The van der Waals surface area contributed by atoms with Crippen molar-refractivity contribution in [1.29, 1.82) is 0 Å². The van der Waals surface area contributed by atoms with E-state index in [0.29, 0.717) is 5.56 Å². The molecule has 0 aliphatic carbocycles. The number of carbonyl (C=O) groups is 1. The Balaban J connectivity index is 1.35. The molecule has 4 aromatic heterocycles. The maximum absolute atomic E-state index is 12.4. The fourth-order valence-corrected chi connectivity index (χ4v) is 4.58. The summed E-state index contributed by atoms with van der Waals surface area (Å²) >= 11 is 3.34. The summed E-state index contributed by atoms with van der Waals surface area (Å²) in [5, 5.41) is 3.81. The molecule has 0 unspecified atom stereocenters. The summed E-state index contributed by atoms with van der Waals surface area (Å²) in [6, 6.07) is 13.6. The molecule has 1 amide bonds. The van der Waals surface area contributed by atoms with Gasteiger partial charge in [-0.1, -0.05) is 6.07 Å². The van der Waals surface area contributed by atoms with Crippen molar-refractivity contribution in [3.63, 3.8) is 0 Å². The number of aromatic nitrogens is 4. The van der Waals surface area contributed by atoms with Crippen LogP contribution in [0.1, 0.15) is 29.9 Å². The number of fused-ring (bicyclic) bond motifs is 1. The van der Waals surface area contributed by atoms with E-state index in [-0.39, 0.29) is 24.7 Å². The molecule has 35 heavy (non-hydrogen) atoms. The summed E-state index contributed by atoms with van der Waals surface area (Å²) < 4.78 is 6.61. The van der Waals surface area contributed by atoms with Crippen LogP contribution >= 0.6 is 15.9 Å². The number of anilines is 1. The van der Waals surface area contributed by atoms with Crippen molar-refractivity contribution in [3.8, 4) is 11.4 Å². The number of pyridine rings is 4. The van der Waals surface area contributed by atoms with Gasteiger partial charge in [0.05, 0.1) is 46.9 Å². The molecule has 9 heteroatoms. The van der Waals surface area contributed by atoms with Gasteiger partial charge in [-0.15, -0.1) is 0 Å². The fraction of sp³-hybridized carbons (Fsp3) is 0.269. The molecule has 1 aliphatic rings. The van der Waals surface area contributed by atoms with Crippen LogP contribution in [0.2, 0.25) is 0 Å². The first-order valence-electron chi connectivity index (χ1n) is 11.5. The van der Waals surface area contributed by atoms with E-state index in [0.717, 1.165) is 51.4 Å². The summed E-state index contributed by atoms with van der Waals surface area (Å²) in [5.74, 6) is 0.710. The van der Waals surface area contributed by atoms with Crippen LogP contribution in [0.25, 0.3) is 22.3 Å². The Bertz CT molecular complexity index is 1370. The number of nitrogens with zero attached hydrogens (tertiary/aromatic N) is 5. The maximum atomic E-state index is 12.4. The highest BCUT2D eigenvalue weighted by molar-refractivity contribution is 9.10. The molecule has 1 fully saturated rings. The highest BCUT2D eigenvalue weighted by atomic mass is 79.9. The lowest BCUT2D eigenvalue weighted by molar-refractivity contribution is -0.00545. The van der Waals surface area contributed by atoms with Crippen LogP contribution in [0.15, 0.2) is 65.5 Å². The second kappa shape index (κ2) is 10.1. The van der Waals surface area contributed by atoms with Crippen LogP contribution in [-0.4, -0.2) is 51.1 Å². The van der Waals surface area contributed by atoms with Crippen LogP contribution in [0, 0.1) is 0 Å². The van der Waals surface area contributed by atoms with Gasteiger partial charge in [0.15, 0.2) is 0 Å². The topological polar surface area (TPSA) is 93.1 Å². The number of carbonyl (C=O) groups excluding carboxylic acids is 1. The number of rotatable bonds is 5. The molecule has 0 radical (unpaired) electrons. The minimum Gasteiger partial charge on any atom is -0.372 e. The number of morpholine rings is 1. The summed E-state index contributed by atoms with van der Waals surface area (Å²) in [6.45, 7) is 6.07. The predicted molar refractivity (Wildman–Crippen MR) is 138 cm³/mol. The third-order valence-electron chi connectivity index (χ3n) is 5.77. The number of ether oxygens (including phenoxy) is 1. The molecule has 0 bridgehead atoms. The van der Waals surface area contributed by atoms with Gasteiger partial charge >= 0.3 is 0 Å². The van der Waals surface area contributed by atoms with Crippen molar-refractivity contribution >= 4 is 38.6 Å². The van der Waals surface area contributed by atoms with Gasteiger partial charge in [-0.3, -0.25) is 14.8 Å². The van der Waals surface area contributed by atoms with Crippen molar-refractivity contribution in [2.24, 2.45) is 0 Å². The van der Waals surface area contributed by atoms with Crippen LogP contribution < -0.4 is 10.2 Å². The van der Waals surface area contributed by atoms with E-state index in [1.165, 1.54) is 6.20 Å². The summed E-state index contributed by atoms with van der Waals surface area (Å²) in [5.41, 5.74) is 3.60. The molecule has 0 spiro atoms. The lowest BCUT2D eigenvalue weighted by Crippen LogP contribution is -2.45. The van der Waals surface area contributed by atoms with Gasteiger partial charge in [0.2, 0.25) is 0 Å². The standard InChI is InChI=1S/C26H25BrN6O2/c1-16-14-33(15-17(2)35-16)25-5-3-4-22(32-25)23-7-6-18-11-29-21(9-24(18)31-23)13-30-26(34)19-8-20(27)12-28-10-19/h3-12,16-17H,13-15H2,1-2H3,(H,30,34)/t16-,17+. The Labute approximate surface area is 211 Å². The van der Waals surface area contributed by atoms with Gasteiger partial charge in [0.1, 0.15) is 5.82 Å². The second-order valence-corrected chi connectivity index (χ2v) is 9.60. The van der Waals surface area contributed by atoms with Crippen LogP contribution in [0.4, 0.5) is 5.82 Å². The zero-order valence-corrected chi connectivity index (χ0v) is 21.1. The monoisotopic (exact) mass is 532 g/mol. The Kier molecular flexibility index (Phi) is 6.70. The summed E-state index contributed by atoms with van der Waals surface area (Å²) in [6.07, 6.45) is 5.26. The zero-order chi connectivity index (χ0) is 24.4. The maximum Gasteiger partial charge on any atom is 0.253 e. The largest absolute Gasteiger partial charge is 0.372 e. The van der Waals surface area contributed by atoms with Gasteiger partial charge in [0, 0.05) is 41.5 Å². The molecule has 2 atom stereocenters. The number of hydrogen-bond donors (Lipinski definition) is 1. The first-order valence-corrected chi connectivity index (χ1v) is 12.3. The zero-order valence-electron chi connectivity index (χ0n) is 19.5. The third kappa shape index (κ3) is 5.47. The highest BCUT2D eigenvalue weighted by Gasteiger charge is 2.23. The van der Waals surface area contributed by atoms with Gasteiger partial charge in [0.25, 0.3) is 5.91 Å². The molecule has 1 saturated heterocycles. The SMILES string of the molecule is C[C@@H]1CN(c2cccc(-c3ccc4cnc(CNC(=O)c5cncc(Br)c5)cc4n3)n2)C[C@H](C)O1. The second-order valence-electron chi connectivity index (χ2n) is 8.68. The van der Waals surface area contributed by atoms with E-state index in [1.807, 2.05) is 36.4 Å². The van der Waals surface area contributed by atoms with Crippen LogP contribution in [0.3, 0.4) is 0 Å². The van der Waals surface area contributed by atoms with Gasteiger partial charge in [-0.2, -0.15) is 0 Å². The predicted octanol–water partition coefficient (Wildman–Crippen LogP) is 4.39. The molecule has 0 saturated carbocycles. The van der Waals surface area contributed by atoms with E-state index in [9.17, 15) is 4.79 Å². The Morgan fingerprint density at radius 3 is 2.66 bits per heavy atom. The minimum atomic E-state index is -0.213. The Hall–Kier alpha value is -3.43. The van der Waals surface area contributed by atoms with E-state index in [1.54, 1.807) is 18.5 Å². The van der Waals surface area contributed by atoms with Gasteiger partial charge in [-0.05, 0) is 66.2 Å². The molecule has 5 rings (SSSR count). The van der Waals surface area contributed by atoms with E-state index in [4.69, 9.17) is 14.7 Å². The summed E-state index contributed by atoms with van der Waals surface area (Å²) in [7, 11) is 0. The molecule has 0 aromatic carbocycles. The first kappa shape index (κ1) is 23.3. The van der Waals surface area contributed by atoms with Crippen LogP contribution in [-0.2, 0) is 11.3 Å². The fourth-order valence-electron chi connectivity index (χ4n) is 4.21. The van der Waals surface area contributed by atoms with E-state index in [2.05, 4.69) is 50.0 Å². The van der Waals surface area contributed by atoms with Crippen molar-refractivity contribution in [2.45, 2.75) is 32.6 Å². The highest BCUT2D eigenvalue weighted by Crippen LogP contribution is 2.24. The normalized spacial score (nSPS) is 18.0. The Morgan fingerprint density at radius 1 is 1.06 bits per heavy atom. The van der Waals surface area contributed by atoms with Crippen molar-refractivity contribution < 1.29 is 9.53 Å². The molecule has 5 heterocycles. The van der Waals surface area contributed by atoms with Crippen molar-refractivity contribution in [2.75, 3.05) is 18.0 Å². The third-order valence-corrected chi connectivity index (χ3v) is 6.20. The first-order chi connectivity index (χ1) is 16.9. The molecule has 1 aliphatic heterocycles. The van der Waals surface area contributed by atoms with Crippen molar-refractivity contribution in [1.82, 2.24) is 25.3 Å². The van der Waals surface area contributed by atoms with Gasteiger partial charge < -0.3 is 15.0 Å². The summed E-state index contributed by atoms with van der Waals surface area (Å²) in [4.78, 5) is 32.9. The molecular formula is C26H25BrN6O2. The number of nitrogens with one attached hydrogen (secondary N) is 1. The quantitative estimate of drug-likeness (QED) is 0.407. The lowest BCUT2D eigenvalue weighted by atomic mass is 10.1. The van der Waals surface area contributed by atoms with E-state index >= 15 is 0 Å². The molecule has 4 aromatic rings. The minimum absolute atomic E-state index is 0.161. The van der Waals surface area contributed by atoms with Crippen LogP contribution in [0.5, 0.6) is 0 Å². The van der Waals surface area contributed by atoms with Crippen molar-refractivity contribution in [3.05, 3.63) is 76.8 Å².